The number of aryl methyl sites for hydroxylation is 1. The molecule has 2 aromatic rings. The van der Waals surface area contributed by atoms with E-state index in [2.05, 4.69) is 26.9 Å². The van der Waals surface area contributed by atoms with Crippen LogP contribution in [0.2, 0.25) is 0 Å². The average molecular weight is 576 g/mol. The summed E-state index contributed by atoms with van der Waals surface area (Å²) in [4.78, 5) is 25.1. The number of aromatic nitrogens is 3. The third kappa shape index (κ3) is 10.4. The molecule has 0 spiro atoms. The Bertz CT molecular complexity index is 1020. The maximum absolute atomic E-state index is 10.6. The first-order chi connectivity index (χ1) is 17.7. The van der Waals surface area contributed by atoms with E-state index in [4.69, 9.17) is 29.5 Å². The number of morpholine rings is 1. The molecule has 1 aliphatic heterocycles. The summed E-state index contributed by atoms with van der Waals surface area (Å²) in [6.07, 6.45) is -2.03. The van der Waals surface area contributed by atoms with Crippen molar-refractivity contribution in [1.82, 2.24) is 19.7 Å². The van der Waals surface area contributed by atoms with Gasteiger partial charge in [0.25, 0.3) is 0 Å². The van der Waals surface area contributed by atoms with E-state index >= 15 is 0 Å². The van der Waals surface area contributed by atoms with Crippen LogP contribution >= 0.6 is 11.3 Å². The van der Waals surface area contributed by atoms with Gasteiger partial charge in [0.05, 0.1) is 31.1 Å². The van der Waals surface area contributed by atoms with Gasteiger partial charge in [-0.25, -0.2) is 14.6 Å². The highest BCUT2D eigenvalue weighted by molar-refractivity contribution is 7.13. The number of halogens is 6. The van der Waals surface area contributed by atoms with E-state index in [0.29, 0.717) is 6.61 Å². The number of hydrogen-bond donors (Lipinski definition) is 3. The summed E-state index contributed by atoms with van der Waals surface area (Å²) in [6, 6.07) is 0.231. The van der Waals surface area contributed by atoms with Crippen LogP contribution in [0.5, 0.6) is 0 Å². The zero-order chi connectivity index (χ0) is 28.5. The summed E-state index contributed by atoms with van der Waals surface area (Å²) < 4.78 is 71.1. The molecule has 1 saturated carbocycles. The Hall–Kier alpha value is -2.92. The van der Waals surface area contributed by atoms with Crippen molar-refractivity contribution in [2.24, 2.45) is 13.0 Å². The molecule has 0 radical (unpaired) electrons. The number of alkyl halides is 6. The topological polar surface area (TPSA) is 130 Å². The van der Waals surface area contributed by atoms with E-state index < -0.39 is 24.3 Å². The van der Waals surface area contributed by atoms with Gasteiger partial charge in [-0.15, -0.1) is 11.3 Å². The quantitative estimate of drug-likeness (QED) is 0.439. The van der Waals surface area contributed by atoms with Crippen LogP contribution < -0.4 is 5.32 Å². The lowest BCUT2D eigenvalue weighted by Gasteiger charge is -2.34. The highest BCUT2D eigenvalue weighted by Crippen LogP contribution is 2.30. The van der Waals surface area contributed by atoms with Gasteiger partial charge in [0.1, 0.15) is 0 Å². The minimum Gasteiger partial charge on any atom is -0.475 e. The number of rotatable bonds is 6. The van der Waals surface area contributed by atoms with Gasteiger partial charge in [-0.1, -0.05) is 6.42 Å². The Morgan fingerprint density at radius 2 is 1.76 bits per heavy atom. The second-order valence-corrected chi connectivity index (χ2v) is 9.30. The van der Waals surface area contributed by atoms with Crippen molar-refractivity contribution < 1.29 is 50.9 Å². The van der Waals surface area contributed by atoms with E-state index in [1.165, 1.54) is 24.8 Å². The molecular weight excluding hydrogens is 548 g/mol. The van der Waals surface area contributed by atoms with Crippen molar-refractivity contribution in [3.05, 3.63) is 29.0 Å². The van der Waals surface area contributed by atoms with Crippen LogP contribution in [0.25, 0.3) is 0 Å². The van der Waals surface area contributed by atoms with Crippen LogP contribution in [-0.4, -0.2) is 80.5 Å². The number of carbonyl (C=O) groups is 2. The lowest BCUT2D eigenvalue weighted by molar-refractivity contribution is -0.193. The number of hydrogen-bond acceptors (Lipinski definition) is 8. The fourth-order valence-corrected chi connectivity index (χ4v) is 4.10. The third-order valence-electron chi connectivity index (χ3n) is 5.50. The van der Waals surface area contributed by atoms with Crippen molar-refractivity contribution in [3.63, 3.8) is 0 Å². The molecular formula is C21H27F6N5O5S. The molecule has 4 rings (SSSR count). The molecule has 1 saturated heterocycles. The van der Waals surface area contributed by atoms with Crippen LogP contribution in [0.1, 0.15) is 36.6 Å². The van der Waals surface area contributed by atoms with Gasteiger partial charge in [0.15, 0.2) is 5.13 Å². The Morgan fingerprint density at radius 1 is 1.16 bits per heavy atom. The number of carboxylic acids is 2. The Kier molecular flexibility index (Phi) is 11.3. The lowest BCUT2D eigenvalue weighted by atomic mass is 9.86. The van der Waals surface area contributed by atoms with Gasteiger partial charge in [0, 0.05) is 43.8 Å². The number of ether oxygens (including phenoxy) is 1. The fraction of sp³-hybridized carbons (Fsp3) is 0.619. The molecule has 0 aromatic carbocycles. The van der Waals surface area contributed by atoms with Crippen LogP contribution in [0.15, 0.2) is 17.8 Å². The number of nitrogens with zero attached hydrogens (tertiary/aromatic N) is 4. The standard InChI is InChI=1S/C17H25N5OS.2C2HF3O2/c1-21-9-14(8-19-21)10-22-5-6-23-11-16(22)15-12-24-17(20-15)18-7-13-3-2-4-13;2*3-2(4,5)1(6)7/h8-9,12-13,16H,2-7,10-11H2,1H3,(H,18,20);2*(H,6,7). The molecule has 214 valence electrons. The number of nitrogens with one attached hydrogen (secondary N) is 1. The first-order valence-corrected chi connectivity index (χ1v) is 12.1. The second-order valence-electron chi connectivity index (χ2n) is 8.44. The number of thiazole rings is 1. The lowest BCUT2D eigenvalue weighted by Crippen LogP contribution is -2.39. The molecule has 0 bridgehead atoms. The maximum atomic E-state index is 10.6. The van der Waals surface area contributed by atoms with Gasteiger partial charge in [-0.05, 0) is 18.8 Å². The Balaban J connectivity index is 0.000000301. The van der Waals surface area contributed by atoms with Crippen molar-refractivity contribution >= 4 is 28.4 Å². The minimum absolute atomic E-state index is 0.231. The normalized spacial score (nSPS) is 18.3. The van der Waals surface area contributed by atoms with Crippen molar-refractivity contribution in [1.29, 1.82) is 0 Å². The van der Waals surface area contributed by atoms with Gasteiger partial charge < -0.3 is 20.3 Å². The number of carboxylic acid groups (broad SMARTS) is 2. The molecule has 1 aliphatic carbocycles. The van der Waals surface area contributed by atoms with Crippen molar-refractivity contribution in [3.8, 4) is 0 Å². The van der Waals surface area contributed by atoms with Gasteiger partial charge in [0.2, 0.25) is 0 Å². The minimum atomic E-state index is -5.08. The van der Waals surface area contributed by atoms with Gasteiger partial charge in [-0.2, -0.15) is 31.4 Å². The first kappa shape index (κ1) is 31.3. The predicted molar refractivity (Wildman–Crippen MR) is 123 cm³/mol. The largest absolute Gasteiger partial charge is 0.490 e. The van der Waals surface area contributed by atoms with Crippen LogP contribution in [0.3, 0.4) is 0 Å². The van der Waals surface area contributed by atoms with Crippen LogP contribution in [0, 0.1) is 5.92 Å². The Labute approximate surface area is 217 Å². The Morgan fingerprint density at radius 3 is 2.24 bits per heavy atom. The monoisotopic (exact) mass is 575 g/mol. The molecule has 3 N–H and O–H groups in total. The molecule has 2 aromatic heterocycles. The molecule has 2 fully saturated rings. The maximum Gasteiger partial charge on any atom is 0.490 e. The number of aliphatic carboxylic acids is 2. The highest BCUT2D eigenvalue weighted by Gasteiger charge is 2.39. The van der Waals surface area contributed by atoms with E-state index in [1.54, 1.807) is 11.3 Å². The molecule has 10 nitrogen and oxygen atoms in total. The molecule has 38 heavy (non-hydrogen) atoms. The predicted octanol–water partition coefficient (Wildman–Crippen LogP) is 3.93. The molecule has 0 amide bonds. The third-order valence-corrected chi connectivity index (χ3v) is 6.32. The van der Waals surface area contributed by atoms with Crippen molar-refractivity contribution in [2.45, 2.75) is 44.2 Å². The summed E-state index contributed by atoms with van der Waals surface area (Å²) in [5, 5.41) is 25.3. The SMILES string of the molecule is Cn1cc(CN2CCOCC2c2csc(NCC3CCC3)n2)cn1.O=C(O)C(F)(F)F.O=C(O)C(F)(F)F. The molecule has 1 unspecified atom stereocenters. The van der Waals surface area contributed by atoms with E-state index in [-0.39, 0.29) is 6.04 Å². The zero-order valence-electron chi connectivity index (χ0n) is 20.1. The molecule has 3 heterocycles. The van der Waals surface area contributed by atoms with Crippen LogP contribution in [-0.2, 0) is 27.9 Å². The molecule has 17 heteroatoms. The van der Waals surface area contributed by atoms with E-state index in [9.17, 15) is 26.3 Å². The average Bonchev–Trinajstić information content (AvgIpc) is 3.41. The molecule has 1 atom stereocenters. The van der Waals surface area contributed by atoms with Gasteiger partial charge in [-0.3, -0.25) is 9.58 Å². The summed E-state index contributed by atoms with van der Waals surface area (Å²) in [5.74, 6) is -4.67. The second kappa shape index (κ2) is 13.7. The number of anilines is 1. The first-order valence-electron chi connectivity index (χ1n) is 11.3. The van der Waals surface area contributed by atoms with E-state index in [0.717, 1.165) is 43.0 Å². The summed E-state index contributed by atoms with van der Waals surface area (Å²) >= 11 is 1.71. The van der Waals surface area contributed by atoms with E-state index in [1.807, 2.05) is 17.9 Å². The molecule has 2 aliphatic rings. The fourth-order valence-electron chi connectivity index (χ4n) is 3.34. The smallest absolute Gasteiger partial charge is 0.475 e. The zero-order valence-corrected chi connectivity index (χ0v) is 20.9. The summed E-state index contributed by atoms with van der Waals surface area (Å²) in [6.45, 7) is 4.39. The van der Waals surface area contributed by atoms with Gasteiger partial charge >= 0.3 is 24.3 Å². The summed E-state index contributed by atoms with van der Waals surface area (Å²) in [5.41, 5.74) is 2.36. The van der Waals surface area contributed by atoms with Crippen LogP contribution in [0.4, 0.5) is 31.5 Å². The summed E-state index contributed by atoms with van der Waals surface area (Å²) in [7, 11) is 1.96. The van der Waals surface area contributed by atoms with Crippen molar-refractivity contribution in [2.75, 3.05) is 31.6 Å². The highest BCUT2D eigenvalue weighted by atomic mass is 32.1.